The maximum absolute atomic E-state index is 13.3. The third-order valence-electron chi connectivity index (χ3n) is 7.74. The summed E-state index contributed by atoms with van der Waals surface area (Å²) in [5.41, 5.74) is 11.5. The molecule has 1 aliphatic rings. The first-order valence-electron chi connectivity index (χ1n) is 14.2. The molecule has 222 valence electrons. The van der Waals surface area contributed by atoms with E-state index >= 15 is 0 Å². The fraction of sp³-hybridized carbons (Fsp3) is 0.0909. The van der Waals surface area contributed by atoms with Crippen molar-refractivity contribution in [2.75, 3.05) is 11.1 Å². The van der Waals surface area contributed by atoms with Gasteiger partial charge >= 0.3 is 0 Å². The van der Waals surface area contributed by atoms with E-state index in [9.17, 15) is 14.0 Å². The highest BCUT2D eigenvalue weighted by molar-refractivity contribution is 6.07. The van der Waals surface area contributed by atoms with Crippen LogP contribution in [0.4, 0.5) is 15.9 Å². The Hall–Kier alpha value is -6.17. The summed E-state index contributed by atoms with van der Waals surface area (Å²) >= 11 is 0. The van der Waals surface area contributed by atoms with Crippen LogP contribution >= 0.6 is 0 Å². The van der Waals surface area contributed by atoms with Crippen LogP contribution in [0.2, 0.25) is 0 Å². The molecule has 7 rings (SSSR count). The van der Waals surface area contributed by atoms with Crippen molar-refractivity contribution in [2.24, 2.45) is 0 Å². The molecule has 1 unspecified atom stereocenters. The molecule has 2 aromatic carbocycles. The number of nitrogen functional groups attached to an aromatic ring is 1. The van der Waals surface area contributed by atoms with Crippen molar-refractivity contribution in [1.82, 2.24) is 34.6 Å². The van der Waals surface area contributed by atoms with Crippen molar-refractivity contribution in [1.29, 1.82) is 0 Å². The Morgan fingerprint density at radius 2 is 1.87 bits per heavy atom. The first kappa shape index (κ1) is 27.7. The number of para-hydroxylation sites is 1. The topological polar surface area (TPSA) is 146 Å². The average Bonchev–Trinajstić information content (AvgIpc) is 3.80. The van der Waals surface area contributed by atoms with E-state index in [1.807, 2.05) is 53.2 Å². The van der Waals surface area contributed by atoms with Gasteiger partial charge in [0.15, 0.2) is 23.1 Å². The minimum Gasteiger partial charge on any atom is -0.383 e. The van der Waals surface area contributed by atoms with Gasteiger partial charge in [-0.05, 0) is 78.6 Å². The van der Waals surface area contributed by atoms with Crippen LogP contribution in [0.15, 0.2) is 104 Å². The summed E-state index contributed by atoms with van der Waals surface area (Å²) in [6.07, 6.45) is 6.54. The van der Waals surface area contributed by atoms with Crippen molar-refractivity contribution in [3.63, 3.8) is 0 Å². The molecule has 1 atom stereocenters. The second-order valence-electron chi connectivity index (χ2n) is 10.5. The van der Waals surface area contributed by atoms with Gasteiger partial charge in [-0.25, -0.2) is 24.0 Å². The van der Waals surface area contributed by atoms with Crippen LogP contribution in [0.25, 0.3) is 34.1 Å². The van der Waals surface area contributed by atoms with Crippen LogP contribution in [0.1, 0.15) is 33.9 Å². The number of carbonyl (C=O) groups is 2. The SMILES string of the molecule is C=C(F)C(=O)Nc1ccccc1C(=O)NC1CCc2cc(-n3c(-c4cccnc4N)nc4ccc(-n5cccn5)nc43)ccc21. The van der Waals surface area contributed by atoms with E-state index in [1.54, 1.807) is 41.3 Å². The minimum atomic E-state index is -1.14. The molecule has 4 heterocycles. The van der Waals surface area contributed by atoms with E-state index in [0.29, 0.717) is 40.6 Å². The molecule has 4 N–H and O–H groups in total. The summed E-state index contributed by atoms with van der Waals surface area (Å²) in [5.74, 6) is -0.952. The molecular formula is C33H26FN9O2. The highest BCUT2D eigenvalue weighted by Crippen LogP contribution is 2.36. The number of nitrogens with one attached hydrogen (secondary N) is 2. The minimum absolute atomic E-state index is 0.198. The van der Waals surface area contributed by atoms with Gasteiger partial charge in [-0.2, -0.15) is 5.10 Å². The number of benzene rings is 2. The normalized spacial score (nSPS) is 13.8. The Balaban J connectivity index is 1.25. The van der Waals surface area contributed by atoms with Gasteiger partial charge in [0.25, 0.3) is 11.8 Å². The van der Waals surface area contributed by atoms with Crippen molar-refractivity contribution < 1.29 is 14.0 Å². The van der Waals surface area contributed by atoms with Crippen molar-refractivity contribution >= 4 is 34.5 Å². The number of halogens is 1. The number of anilines is 2. The van der Waals surface area contributed by atoms with E-state index in [2.05, 4.69) is 33.4 Å². The lowest BCUT2D eigenvalue weighted by Crippen LogP contribution is -2.28. The average molecular weight is 600 g/mol. The monoisotopic (exact) mass is 599 g/mol. The third-order valence-corrected chi connectivity index (χ3v) is 7.74. The summed E-state index contributed by atoms with van der Waals surface area (Å²) in [6.45, 7) is 3.02. The predicted molar refractivity (Wildman–Crippen MR) is 167 cm³/mol. The summed E-state index contributed by atoms with van der Waals surface area (Å²) < 4.78 is 17.0. The molecule has 0 saturated carbocycles. The van der Waals surface area contributed by atoms with Crippen molar-refractivity contribution in [3.8, 4) is 22.9 Å². The maximum atomic E-state index is 13.3. The van der Waals surface area contributed by atoms with Crippen LogP contribution in [-0.2, 0) is 11.2 Å². The lowest BCUT2D eigenvalue weighted by molar-refractivity contribution is -0.114. The second-order valence-corrected chi connectivity index (χ2v) is 10.5. The third kappa shape index (κ3) is 5.07. The quantitative estimate of drug-likeness (QED) is 0.217. The Kier molecular flexibility index (Phi) is 6.85. The number of aryl methyl sites for hydroxylation is 1. The van der Waals surface area contributed by atoms with Crippen LogP contribution in [-0.4, -0.2) is 41.1 Å². The molecule has 0 saturated heterocycles. The van der Waals surface area contributed by atoms with Gasteiger partial charge in [0, 0.05) is 24.3 Å². The lowest BCUT2D eigenvalue weighted by atomic mass is 10.1. The van der Waals surface area contributed by atoms with Gasteiger partial charge in [-0.15, -0.1) is 0 Å². The highest BCUT2D eigenvalue weighted by atomic mass is 19.1. The second kappa shape index (κ2) is 11.2. The molecule has 0 aliphatic heterocycles. The molecule has 45 heavy (non-hydrogen) atoms. The zero-order valence-corrected chi connectivity index (χ0v) is 23.8. The zero-order valence-electron chi connectivity index (χ0n) is 23.8. The van der Waals surface area contributed by atoms with Gasteiger partial charge in [-0.1, -0.05) is 24.8 Å². The number of nitrogens with zero attached hydrogens (tertiary/aromatic N) is 6. The Morgan fingerprint density at radius 3 is 2.67 bits per heavy atom. The van der Waals surface area contributed by atoms with E-state index in [4.69, 9.17) is 15.7 Å². The molecule has 12 heteroatoms. The van der Waals surface area contributed by atoms with E-state index in [0.717, 1.165) is 23.2 Å². The number of hydrogen-bond donors (Lipinski definition) is 3. The van der Waals surface area contributed by atoms with E-state index in [-0.39, 0.29) is 23.2 Å². The summed E-state index contributed by atoms with van der Waals surface area (Å²) in [4.78, 5) is 39.3. The van der Waals surface area contributed by atoms with Gasteiger partial charge in [0.05, 0.1) is 22.9 Å². The van der Waals surface area contributed by atoms with Gasteiger partial charge in [-0.3, -0.25) is 14.2 Å². The molecular weight excluding hydrogens is 573 g/mol. The molecule has 1 aliphatic carbocycles. The molecule has 4 aromatic heterocycles. The van der Waals surface area contributed by atoms with E-state index < -0.39 is 11.7 Å². The summed E-state index contributed by atoms with van der Waals surface area (Å²) in [7, 11) is 0. The van der Waals surface area contributed by atoms with Crippen LogP contribution < -0.4 is 16.4 Å². The number of carbonyl (C=O) groups excluding carboxylic acids is 2. The first-order valence-corrected chi connectivity index (χ1v) is 14.2. The number of imidazole rings is 1. The Bertz CT molecular complexity index is 2120. The zero-order chi connectivity index (χ0) is 31.1. The first-order chi connectivity index (χ1) is 21.9. The highest BCUT2D eigenvalue weighted by Gasteiger charge is 2.27. The fourth-order valence-corrected chi connectivity index (χ4v) is 5.62. The molecule has 6 aromatic rings. The summed E-state index contributed by atoms with van der Waals surface area (Å²) in [6, 6.07) is 21.5. The van der Waals surface area contributed by atoms with Crippen LogP contribution in [0, 0.1) is 0 Å². The van der Waals surface area contributed by atoms with Gasteiger partial charge in [0.1, 0.15) is 11.3 Å². The number of aromatic nitrogens is 6. The Morgan fingerprint density at radius 1 is 1.00 bits per heavy atom. The number of hydrogen-bond acceptors (Lipinski definition) is 7. The van der Waals surface area contributed by atoms with Crippen LogP contribution in [0.5, 0.6) is 0 Å². The molecule has 0 bridgehead atoms. The predicted octanol–water partition coefficient (Wildman–Crippen LogP) is 5.09. The molecule has 11 nitrogen and oxygen atoms in total. The molecule has 0 fully saturated rings. The molecule has 0 radical (unpaired) electrons. The van der Waals surface area contributed by atoms with Crippen molar-refractivity contribution in [2.45, 2.75) is 18.9 Å². The van der Waals surface area contributed by atoms with Gasteiger partial charge < -0.3 is 16.4 Å². The molecule has 2 amide bonds. The van der Waals surface area contributed by atoms with E-state index in [1.165, 1.54) is 0 Å². The maximum Gasteiger partial charge on any atom is 0.283 e. The standard InChI is InChI=1S/C33H26FN9O2/c1-19(34)32(44)39-25-8-3-2-6-23(25)33(45)40-26-12-9-20-18-21(10-11-22(20)26)43-30(24-7-4-15-36-29(24)35)38-27-13-14-28(41-31(27)43)42-17-5-16-37-42/h2-8,10-11,13-18,26H,1,9,12H2,(H2,35,36)(H,39,44)(H,40,45). The lowest BCUT2D eigenvalue weighted by Gasteiger charge is -2.17. The summed E-state index contributed by atoms with van der Waals surface area (Å²) in [5, 5.41) is 9.80. The van der Waals surface area contributed by atoms with Crippen LogP contribution in [0.3, 0.4) is 0 Å². The fourth-order valence-electron chi connectivity index (χ4n) is 5.62. The Labute approximate surface area is 256 Å². The number of pyridine rings is 2. The number of rotatable bonds is 7. The van der Waals surface area contributed by atoms with Crippen molar-refractivity contribution in [3.05, 3.63) is 120 Å². The number of nitrogens with two attached hydrogens (primary N) is 1. The molecule has 0 spiro atoms. The largest absolute Gasteiger partial charge is 0.383 e. The smallest absolute Gasteiger partial charge is 0.283 e. The number of amides is 2. The number of fused-ring (bicyclic) bond motifs is 2. The van der Waals surface area contributed by atoms with Gasteiger partial charge in [0.2, 0.25) is 0 Å².